The van der Waals surface area contributed by atoms with Crippen molar-refractivity contribution < 1.29 is 14.0 Å². The molecule has 2 aromatic heterocycles. The summed E-state index contributed by atoms with van der Waals surface area (Å²) in [6, 6.07) is 7.65. The lowest BCUT2D eigenvalue weighted by Crippen LogP contribution is -1.87. The SMILES string of the molecule is Cc1noc(C)c1-c1oc2ccccc2c1CO. The van der Waals surface area contributed by atoms with Gasteiger partial charge in [-0.25, -0.2) is 0 Å². The van der Waals surface area contributed by atoms with Crippen LogP contribution in [0.15, 0.2) is 33.2 Å². The molecule has 3 rings (SSSR count). The minimum atomic E-state index is -0.0730. The molecule has 18 heavy (non-hydrogen) atoms. The molecule has 0 aliphatic heterocycles. The molecule has 2 heterocycles. The van der Waals surface area contributed by atoms with Crippen molar-refractivity contribution in [2.45, 2.75) is 20.5 Å². The van der Waals surface area contributed by atoms with Gasteiger partial charge in [0.05, 0.1) is 17.9 Å². The van der Waals surface area contributed by atoms with Crippen LogP contribution in [0.1, 0.15) is 17.0 Å². The highest BCUT2D eigenvalue weighted by molar-refractivity contribution is 5.88. The summed E-state index contributed by atoms with van der Waals surface area (Å²) in [5.74, 6) is 1.34. The van der Waals surface area contributed by atoms with Crippen LogP contribution in [0.5, 0.6) is 0 Å². The highest BCUT2D eigenvalue weighted by Gasteiger charge is 2.21. The number of nitrogens with zero attached hydrogens (tertiary/aromatic N) is 1. The van der Waals surface area contributed by atoms with Crippen LogP contribution in [0, 0.1) is 13.8 Å². The van der Waals surface area contributed by atoms with Gasteiger partial charge in [0.15, 0.2) is 0 Å². The number of aryl methyl sites for hydroxylation is 2. The highest BCUT2D eigenvalue weighted by Crippen LogP contribution is 2.36. The first-order valence-corrected chi connectivity index (χ1v) is 5.77. The minimum Gasteiger partial charge on any atom is -0.455 e. The quantitative estimate of drug-likeness (QED) is 0.750. The third-order valence-corrected chi connectivity index (χ3v) is 3.12. The minimum absolute atomic E-state index is 0.0730. The van der Waals surface area contributed by atoms with Crippen molar-refractivity contribution in [2.75, 3.05) is 0 Å². The van der Waals surface area contributed by atoms with E-state index in [0.717, 1.165) is 27.8 Å². The third-order valence-electron chi connectivity index (χ3n) is 3.12. The molecule has 0 amide bonds. The number of aliphatic hydroxyl groups is 1. The number of para-hydroxylation sites is 1. The van der Waals surface area contributed by atoms with Gasteiger partial charge >= 0.3 is 0 Å². The van der Waals surface area contributed by atoms with Gasteiger partial charge in [-0.15, -0.1) is 0 Å². The van der Waals surface area contributed by atoms with Crippen LogP contribution in [-0.2, 0) is 6.61 Å². The van der Waals surface area contributed by atoms with E-state index in [9.17, 15) is 5.11 Å². The second-order valence-corrected chi connectivity index (χ2v) is 4.26. The monoisotopic (exact) mass is 243 g/mol. The van der Waals surface area contributed by atoms with E-state index >= 15 is 0 Å². The van der Waals surface area contributed by atoms with Crippen LogP contribution in [0.2, 0.25) is 0 Å². The fraction of sp³-hybridized carbons (Fsp3) is 0.214. The Morgan fingerprint density at radius 1 is 1.22 bits per heavy atom. The van der Waals surface area contributed by atoms with Crippen LogP contribution in [-0.4, -0.2) is 10.3 Å². The topological polar surface area (TPSA) is 59.4 Å². The first kappa shape index (κ1) is 11.0. The van der Waals surface area contributed by atoms with Crippen molar-refractivity contribution in [3.8, 4) is 11.3 Å². The van der Waals surface area contributed by atoms with E-state index in [2.05, 4.69) is 5.16 Å². The molecule has 1 N–H and O–H groups in total. The van der Waals surface area contributed by atoms with Crippen LogP contribution in [0.4, 0.5) is 0 Å². The molecule has 0 bridgehead atoms. The summed E-state index contributed by atoms with van der Waals surface area (Å²) in [5, 5.41) is 14.4. The molecule has 1 aromatic carbocycles. The van der Waals surface area contributed by atoms with Gasteiger partial charge in [-0.2, -0.15) is 0 Å². The Morgan fingerprint density at radius 2 is 2.00 bits per heavy atom. The van der Waals surface area contributed by atoms with E-state index in [0.29, 0.717) is 11.5 Å². The zero-order valence-electron chi connectivity index (χ0n) is 10.2. The second-order valence-electron chi connectivity index (χ2n) is 4.26. The summed E-state index contributed by atoms with van der Waals surface area (Å²) in [7, 11) is 0. The standard InChI is InChI=1S/C14H13NO3/c1-8-13(9(2)18-15-8)14-11(7-16)10-5-3-4-6-12(10)17-14/h3-6,16H,7H2,1-2H3. The molecule has 0 fully saturated rings. The molecule has 4 nitrogen and oxygen atoms in total. The number of aliphatic hydroxyl groups excluding tert-OH is 1. The van der Waals surface area contributed by atoms with Crippen molar-refractivity contribution in [2.24, 2.45) is 0 Å². The molecular weight excluding hydrogens is 230 g/mol. The largest absolute Gasteiger partial charge is 0.455 e. The van der Waals surface area contributed by atoms with Crippen LogP contribution >= 0.6 is 0 Å². The molecule has 0 atom stereocenters. The van der Waals surface area contributed by atoms with E-state index in [-0.39, 0.29) is 6.61 Å². The summed E-state index contributed by atoms with van der Waals surface area (Å²) in [4.78, 5) is 0. The Labute approximate surface area is 104 Å². The summed E-state index contributed by atoms with van der Waals surface area (Å²) in [6.45, 7) is 3.63. The maximum absolute atomic E-state index is 9.57. The average Bonchev–Trinajstić information content (AvgIpc) is 2.89. The van der Waals surface area contributed by atoms with E-state index in [1.54, 1.807) is 0 Å². The smallest absolute Gasteiger partial charge is 0.146 e. The van der Waals surface area contributed by atoms with Gasteiger partial charge in [0.25, 0.3) is 0 Å². The molecule has 0 aliphatic rings. The molecule has 0 aliphatic carbocycles. The average molecular weight is 243 g/mol. The lowest BCUT2D eigenvalue weighted by Gasteiger charge is -1.98. The lowest BCUT2D eigenvalue weighted by atomic mass is 10.1. The summed E-state index contributed by atoms with van der Waals surface area (Å²) in [6.07, 6.45) is 0. The second kappa shape index (κ2) is 3.99. The molecule has 4 heteroatoms. The number of fused-ring (bicyclic) bond motifs is 1. The molecular formula is C14H13NO3. The van der Waals surface area contributed by atoms with E-state index in [1.165, 1.54) is 0 Å². The fourth-order valence-electron chi connectivity index (χ4n) is 2.26. The van der Waals surface area contributed by atoms with Gasteiger partial charge < -0.3 is 14.0 Å². The Morgan fingerprint density at radius 3 is 2.67 bits per heavy atom. The fourth-order valence-corrected chi connectivity index (χ4v) is 2.26. The third kappa shape index (κ3) is 1.46. The molecule has 3 aromatic rings. The number of furan rings is 1. The Balaban J connectivity index is 2.36. The molecule has 0 saturated heterocycles. The molecule has 92 valence electrons. The highest BCUT2D eigenvalue weighted by atomic mass is 16.5. The maximum Gasteiger partial charge on any atom is 0.146 e. The number of benzene rings is 1. The van der Waals surface area contributed by atoms with Crippen molar-refractivity contribution in [1.29, 1.82) is 0 Å². The zero-order chi connectivity index (χ0) is 12.7. The molecule has 0 radical (unpaired) electrons. The number of aromatic nitrogens is 1. The van der Waals surface area contributed by atoms with Crippen molar-refractivity contribution in [3.63, 3.8) is 0 Å². The number of hydrogen-bond donors (Lipinski definition) is 1. The van der Waals surface area contributed by atoms with Crippen molar-refractivity contribution in [3.05, 3.63) is 41.3 Å². The lowest BCUT2D eigenvalue weighted by molar-refractivity contribution is 0.282. The van der Waals surface area contributed by atoms with Crippen molar-refractivity contribution in [1.82, 2.24) is 5.16 Å². The summed E-state index contributed by atoms with van der Waals surface area (Å²) in [5.41, 5.74) is 3.13. The van der Waals surface area contributed by atoms with Gasteiger partial charge in [-0.05, 0) is 19.9 Å². The van der Waals surface area contributed by atoms with Gasteiger partial charge in [0.2, 0.25) is 0 Å². The predicted octanol–water partition coefficient (Wildman–Crippen LogP) is 3.20. The first-order chi connectivity index (χ1) is 8.72. The Hall–Kier alpha value is -2.07. The van der Waals surface area contributed by atoms with Gasteiger partial charge in [0.1, 0.15) is 17.1 Å². The van der Waals surface area contributed by atoms with Crippen molar-refractivity contribution >= 4 is 11.0 Å². The van der Waals surface area contributed by atoms with E-state index < -0.39 is 0 Å². The maximum atomic E-state index is 9.57. The summed E-state index contributed by atoms with van der Waals surface area (Å²) >= 11 is 0. The number of rotatable bonds is 2. The predicted molar refractivity (Wildman–Crippen MR) is 67.1 cm³/mol. The van der Waals surface area contributed by atoms with Crippen LogP contribution in [0.25, 0.3) is 22.3 Å². The number of hydrogen-bond acceptors (Lipinski definition) is 4. The summed E-state index contributed by atoms with van der Waals surface area (Å²) < 4.78 is 11.0. The van der Waals surface area contributed by atoms with Crippen LogP contribution in [0.3, 0.4) is 0 Å². The molecule has 0 saturated carbocycles. The molecule has 0 unspecified atom stereocenters. The van der Waals surface area contributed by atoms with Gasteiger partial charge in [-0.3, -0.25) is 0 Å². The Bertz CT molecular complexity index is 689. The van der Waals surface area contributed by atoms with E-state index in [4.69, 9.17) is 8.94 Å². The van der Waals surface area contributed by atoms with Crippen LogP contribution < -0.4 is 0 Å². The normalized spacial score (nSPS) is 11.3. The van der Waals surface area contributed by atoms with Gasteiger partial charge in [0, 0.05) is 10.9 Å². The molecule has 0 spiro atoms. The van der Waals surface area contributed by atoms with Gasteiger partial charge in [-0.1, -0.05) is 23.4 Å². The zero-order valence-corrected chi connectivity index (χ0v) is 10.2. The Kier molecular flexibility index (Phi) is 2.45. The van der Waals surface area contributed by atoms with E-state index in [1.807, 2.05) is 38.1 Å². The first-order valence-electron chi connectivity index (χ1n) is 5.77.